The summed E-state index contributed by atoms with van der Waals surface area (Å²) in [6, 6.07) is 12.4. The summed E-state index contributed by atoms with van der Waals surface area (Å²) in [6.45, 7) is 1.77. The van der Waals surface area contributed by atoms with Crippen molar-refractivity contribution in [3.63, 3.8) is 0 Å². The molecule has 0 aliphatic carbocycles. The Morgan fingerprint density at radius 1 is 1.04 bits per heavy atom. The summed E-state index contributed by atoms with van der Waals surface area (Å²) in [7, 11) is -3.39. The fourth-order valence-electron chi connectivity index (χ4n) is 2.15. The molecule has 2 aromatic carbocycles. The molecular weight excluding hydrogens is 358 g/mol. The van der Waals surface area contributed by atoms with E-state index in [1.54, 1.807) is 31.2 Å². The molecule has 0 heterocycles. The van der Waals surface area contributed by atoms with Crippen molar-refractivity contribution in [2.75, 3.05) is 24.2 Å². The third-order valence-corrected chi connectivity index (χ3v) is 3.86. The number of para-hydroxylation sites is 1. The van der Waals surface area contributed by atoms with Crippen molar-refractivity contribution in [3.8, 4) is 5.75 Å². The summed E-state index contributed by atoms with van der Waals surface area (Å²) in [4.78, 5) is 24.3. The van der Waals surface area contributed by atoms with Gasteiger partial charge in [-0.1, -0.05) is 12.1 Å². The predicted molar refractivity (Wildman–Crippen MR) is 97.1 cm³/mol. The van der Waals surface area contributed by atoms with Crippen LogP contribution in [0, 0.1) is 0 Å². The molecule has 0 aliphatic rings. The van der Waals surface area contributed by atoms with Crippen LogP contribution in [0.4, 0.5) is 5.69 Å². The zero-order chi connectivity index (χ0) is 19.2. The molecule has 1 N–H and O–H groups in total. The van der Waals surface area contributed by atoms with Gasteiger partial charge in [-0.15, -0.1) is 0 Å². The second kappa shape index (κ2) is 8.48. The van der Waals surface area contributed by atoms with Crippen LogP contribution in [0.3, 0.4) is 0 Å². The van der Waals surface area contributed by atoms with E-state index >= 15 is 0 Å². The van der Waals surface area contributed by atoms with Gasteiger partial charge in [0.05, 0.1) is 12.9 Å². The number of Topliss-reactive ketones (excluding diaryl/α,β-unsaturated/α-hetero) is 1. The first kappa shape index (κ1) is 19.5. The maximum Gasteiger partial charge on any atom is 0.342 e. The van der Waals surface area contributed by atoms with Crippen molar-refractivity contribution in [2.24, 2.45) is 0 Å². The number of hydrogen-bond donors (Lipinski definition) is 1. The molecule has 26 heavy (non-hydrogen) atoms. The third kappa shape index (κ3) is 5.59. The molecular formula is C18H19NO6S. The van der Waals surface area contributed by atoms with Gasteiger partial charge in [0.2, 0.25) is 10.0 Å². The van der Waals surface area contributed by atoms with Gasteiger partial charge in [0, 0.05) is 11.3 Å². The van der Waals surface area contributed by atoms with Crippen LogP contribution in [0.15, 0.2) is 48.5 Å². The SMILES string of the molecule is CCOc1ccccc1C(=O)OCC(=O)c1ccc(NS(C)(=O)=O)cc1. The molecule has 2 rings (SSSR count). The molecule has 0 atom stereocenters. The second-order valence-electron chi connectivity index (χ2n) is 5.38. The van der Waals surface area contributed by atoms with Crippen LogP contribution in [0.1, 0.15) is 27.6 Å². The summed E-state index contributed by atoms with van der Waals surface area (Å²) in [5.74, 6) is -0.667. The van der Waals surface area contributed by atoms with E-state index in [0.717, 1.165) is 6.26 Å². The summed E-state index contributed by atoms with van der Waals surface area (Å²) < 4.78 is 35.0. The second-order valence-corrected chi connectivity index (χ2v) is 7.13. The average Bonchev–Trinajstić information content (AvgIpc) is 2.59. The summed E-state index contributed by atoms with van der Waals surface area (Å²) >= 11 is 0. The molecule has 0 aromatic heterocycles. The van der Waals surface area contributed by atoms with Crippen LogP contribution in [-0.2, 0) is 14.8 Å². The highest BCUT2D eigenvalue weighted by molar-refractivity contribution is 7.92. The number of sulfonamides is 1. The number of hydrogen-bond acceptors (Lipinski definition) is 6. The zero-order valence-electron chi connectivity index (χ0n) is 14.4. The standard InChI is InChI=1S/C18H19NO6S/c1-3-24-17-7-5-4-6-15(17)18(21)25-12-16(20)13-8-10-14(11-9-13)19-26(2,22)23/h4-11,19H,3,12H2,1-2H3. The molecule has 8 heteroatoms. The van der Waals surface area contributed by atoms with Gasteiger partial charge in [-0.05, 0) is 43.3 Å². The van der Waals surface area contributed by atoms with Gasteiger partial charge in [-0.25, -0.2) is 13.2 Å². The number of carbonyl (C=O) groups excluding carboxylic acids is 2. The quantitative estimate of drug-likeness (QED) is 0.561. The first-order chi connectivity index (χ1) is 12.3. The molecule has 0 bridgehead atoms. The molecule has 0 unspecified atom stereocenters. The lowest BCUT2D eigenvalue weighted by molar-refractivity contribution is 0.0471. The minimum Gasteiger partial charge on any atom is -0.493 e. The fraction of sp³-hybridized carbons (Fsp3) is 0.222. The fourth-order valence-corrected chi connectivity index (χ4v) is 2.71. The van der Waals surface area contributed by atoms with Crippen LogP contribution in [0.25, 0.3) is 0 Å². The number of benzene rings is 2. The van der Waals surface area contributed by atoms with E-state index in [2.05, 4.69) is 4.72 Å². The van der Waals surface area contributed by atoms with Crippen molar-refractivity contribution in [2.45, 2.75) is 6.92 Å². The number of carbonyl (C=O) groups is 2. The highest BCUT2D eigenvalue weighted by atomic mass is 32.2. The third-order valence-electron chi connectivity index (χ3n) is 3.25. The van der Waals surface area contributed by atoms with Crippen LogP contribution in [0.2, 0.25) is 0 Å². The van der Waals surface area contributed by atoms with Gasteiger partial charge in [-0.3, -0.25) is 9.52 Å². The lowest BCUT2D eigenvalue weighted by Crippen LogP contribution is -2.15. The molecule has 0 amide bonds. The molecule has 0 saturated carbocycles. The average molecular weight is 377 g/mol. The topological polar surface area (TPSA) is 98.8 Å². The van der Waals surface area contributed by atoms with E-state index in [1.807, 2.05) is 0 Å². The van der Waals surface area contributed by atoms with Crippen LogP contribution >= 0.6 is 0 Å². The molecule has 0 fully saturated rings. The number of nitrogens with one attached hydrogen (secondary N) is 1. The maximum atomic E-state index is 12.2. The van der Waals surface area contributed by atoms with Gasteiger partial charge in [-0.2, -0.15) is 0 Å². The van der Waals surface area contributed by atoms with Crippen molar-refractivity contribution < 1.29 is 27.5 Å². The minimum absolute atomic E-state index is 0.245. The van der Waals surface area contributed by atoms with Gasteiger partial charge in [0.15, 0.2) is 12.4 Å². The van der Waals surface area contributed by atoms with E-state index in [9.17, 15) is 18.0 Å². The predicted octanol–water partition coefficient (Wildman–Crippen LogP) is 2.50. The molecule has 2 aromatic rings. The first-order valence-electron chi connectivity index (χ1n) is 7.80. The summed E-state index contributed by atoms with van der Waals surface area (Å²) in [6.07, 6.45) is 1.03. The maximum absolute atomic E-state index is 12.2. The van der Waals surface area contributed by atoms with Crippen molar-refractivity contribution in [1.82, 2.24) is 0 Å². The highest BCUT2D eigenvalue weighted by Gasteiger charge is 2.16. The van der Waals surface area contributed by atoms with Crippen molar-refractivity contribution in [3.05, 3.63) is 59.7 Å². The molecule has 0 aliphatic heterocycles. The highest BCUT2D eigenvalue weighted by Crippen LogP contribution is 2.19. The van der Waals surface area contributed by atoms with E-state index in [0.29, 0.717) is 23.6 Å². The summed E-state index contributed by atoms with van der Waals surface area (Å²) in [5.41, 5.74) is 0.886. The lowest BCUT2D eigenvalue weighted by Gasteiger charge is -2.10. The number of esters is 1. The van der Waals surface area contributed by atoms with E-state index in [1.165, 1.54) is 24.3 Å². The number of rotatable bonds is 8. The molecule has 0 radical (unpaired) electrons. The van der Waals surface area contributed by atoms with E-state index < -0.39 is 28.4 Å². The minimum atomic E-state index is -3.39. The number of anilines is 1. The zero-order valence-corrected chi connectivity index (χ0v) is 15.2. The van der Waals surface area contributed by atoms with E-state index in [-0.39, 0.29) is 5.56 Å². The smallest absolute Gasteiger partial charge is 0.342 e. The number of ketones is 1. The Labute approximate surface area is 152 Å². The molecule has 0 spiro atoms. The van der Waals surface area contributed by atoms with Crippen molar-refractivity contribution in [1.29, 1.82) is 0 Å². The summed E-state index contributed by atoms with van der Waals surface area (Å²) in [5, 5.41) is 0. The molecule has 0 saturated heterocycles. The van der Waals surface area contributed by atoms with Crippen LogP contribution < -0.4 is 9.46 Å². The normalized spacial score (nSPS) is 10.8. The Morgan fingerprint density at radius 2 is 1.69 bits per heavy atom. The first-order valence-corrected chi connectivity index (χ1v) is 9.69. The Bertz CT molecular complexity index is 890. The van der Waals surface area contributed by atoms with Crippen molar-refractivity contribution >= 4 is 27.5 Å². The van der Waals surface area contributed by atoms with Crippen LogP contribution in [-0.4, -0.2) is 39.6 Å². The van der Waals surface area contributed by atoms with Gasteiger partial charge >= 0.3 is 5.97 Å². The van der Waals surface area contributed by atoms with Gasteiger partial charge in [0.25, 0.3) is 0 Å². The molecule has 7 nitrogen and oxygen atoms in total. The van der Waals surface area contributed by atoms with Gasteiger partial charge < -0.3 is 9.47 Å². The Hall–Kier alpha value is -2.87. The Balaban J connectivity index is 1.99. The van der Waals surface area contributed by atoms with Crippen LogP contribution in [0.5, 0.6) is 5.75 Å². The van der Waals surface area contributed by atoms with E-state index in [4.69, 9.17) is 9.47 Å². The lowest BCUT2D eigenvalue weighted by atomic mass is 10.1. The van der Waals surface area contributed by atoms with Gasteiger partial charge in [0.1, 0.15) is 11.3 Å². The Kier molecular flexibility index (Phi) is 6.35. The largest absolute Gasteiger partial charge is 0.493 e. The molecule has 138 valence electrons. The monoisotopic (exact) mass is 377 g/mol. The Morgan fingerprint density at radius 3 is 2.31 bits per heavy atom. The number of ether oxygens (including phenoxy) is 2.